The van der Waals surface area contributed by atoms with E-state index in [9.17, 15) is 9.59 Å². The van der Waals surface area contributed by atoms with E-state index in [1.54, 1.807) is 6.33 Å². The molecule has 2 aromatic rings. The molecule has 128 valence electrons. The van der Waals surface area contributed by atoms with Crippen LogP contribution >= 0.6 is 0 Å². The summed E-state index contributed by atoms with van der Waals surface area (Å²) < 4.78 is 2.00. The number of aryl methyl sites for hydroxylation is 1. The standard InChI is InChI=1S/C18H24N4O2/c1-11(2)17(20-14(5)23)18(24)21-15-6-8-16(9-7-15)22-10-19-12(3)13(22)4/h6-11,17H,1-5H3,(H,20,23)(H,21,24)/t17-/m1/s1. The maximum atomic E-state index is 12.4. The van der Waals surface area contributed by atoms with Crippen molar-refractivity contribution in [1.82, 2.24) is 14.9 Å². The predicted molar refractivity (Wildman–Crippen MR) is 94.1 cm³/mol. The molecule has 0 fully saturated rings. The predicted octanol–water partition coefficient (Wildman–Crippen LogP) is 2.59. The first kappa shape index (κ1) is 17.7. The molecule has 24 heavy (non-hydrogen) atoms. The minimum atomic E-state index is -0.555. The van der Waals surface area contributed by atoms with Crippen molar-refractivity contribution in [2.45, 2.75) is 40.7 Å². The molecule has 0 aliphatic rings. The van der Waals surface area contributed by atoms with E-state index in [-0.39, 0.29) is 17.7 Å². The van der Waals surface area contributed by atoms with Gasteiger partial charge in [-0.3, -0.25) is 9.59 Å². The second-order valence-corrected chi connectivity index (χ2v) is 6.24. The number of benzene rings is 1. The summed E-state index contributed by atoms with van der Waals surface area (Å²) in [4.78, 5) is 27.9. The minimum Gasteiger partial charge on any atom is -0.344 e. The van der Waals surface area contributed by atoms with E-state index in [1.165, 1.54) is 6.92 Å². The molecule has 2 rings (SSSR count). The summed E-state index contributed by atoms with van der Waals surface area (Å²) in [7, 11) is 0. The fourth-order valence-electron chi connectivity index (χ4n) is 2.44. The molecule has 1 aromatic heterocycles. The van der Waals surface area contributed by atoms with Gasteiger partial charge in [0.2, 0.25) is 11.8 Å². The van der Waals surface area contributed by atoms with Crippen LogP contribution in [0, 0.1) is 19.8 Å². The van der Waals surface area contributed by atoms with Crippen LogP contribution in [0.2, 0.25) is 0 Å². The molecule has 6 heteroatoms. The van der Waals surface area contributed by atoms with Crippen molar-refractivity contribution >= 4 is 17.5 Å². The van der Waals surface area contributed by atoms with Gasteiger partial charge in [-0.1, -0.05) is 13.8 Å². The summed E-state index contributed by atoms with van der Waals surface area (Å²) in [5.74, 6) is -0.433. The molecule has 1 atom stereocenters. The Labute approximate surface area is 142 Å². The second kappa shape index (κ2) is 7.29. The number of anilines is 1. The zero-order valence-corrected chi connectivity index (χ0v) is 14.8. The van der Waals surface area contributed by atoms with E-state index in [0.717, 1.165) is 17.1 Å². The molecular formula is C18H24N4O2. The molecule has 0 radical (unpaired) electrons. The highest BCUT2D eigenvalue weighted by atomic mass is 16.2. The van der Waals surface area contributed by atoms with E-state index in [0.29, 0.717) is 5.69 Å². The van der Waals surface area contributed by atoms with Gasteiger partial charge in [0.1, 0.15) is 6.04 Å². The first-order valence-electron chi connectivity index (χ1n) is 7.98. The third kappa shape index (κ3) is 4.01. The van der Waals surface area contributed by atoms with Gasteiger partial charge < -0.3 is 15.2 Å². The molecule has 2 N–H and O–H groups in total. The number of imidazole rings is 1. The number of hydrogen-bond acceptors (Lipinski definition) is 3. The van der Waals surface area contributed by atoms with E-state index >= 15 is 0 Å². The number of carbonyl (C=O) groups is 2. The Morgan fingerprint density at radius 1 is 1.12 bits per heavy atom. The number of amides is 2. The first-order chi connectivity index (χ1) is 11.3. The average molecular weight is 328 g/mol. The maximum absolute atomic E-state index is 12.4. The van der Waals surface area contributed by atoms with Gasteiger partial charge in [0.05, 0.1) is 12.0 Å². The molecule has 0 aliphatic carbocycles. The molecule has 1 aromatic carbocycles. The third-order valence-electron chi connectivity index (χ3n) is 3.97. The molecule has 0 aliphatic heterocycles. The Bertz CT molecular complexity index is 732. The number of nitrogens with one attached hydrogen (secondary N) is 2. The second-order valence-electron chi connectivity index (χ2n) is 6.24. The maximum Gasteiger partial charge on any atom is 0.247 e. The molecular weight excluding hydrogens is 304 g/mol. The summed E-state index contributed by atoms with van der Waals surface area (Å²) in [6.45, 7) is 9.18. The van der Waals surface area contributed by atoms with E-state index in [1.807, 2.05) is 56.5 Å². The summed E-state index contributed by atoms with van der Waals surface area (Å²) >= 11 is 0. The molecule has 0 bridgehead atoms. The largest absolute Gasteiger partial charge is 0.344 e. The van der Waals surface area contributed by atoms with Crippen LogP contribution in [0.4, 0.5) is 5.69 Å². The smallest absolute Gasteiger partial charge is 0.247 e. The zero-order valence-electron chi connectivity index (χ0n) is 14.8. The van der Waals surface area contributed by atoms with Gasteiger partial charge in [-0.15, -0.1) is 0 Å². The van der Waals surface area contributed by atoms with Crippen LogP contribution in [-0.4, -0.2) is 27.4 Å². The summed E-state index contributed by atoms with van der Waals surface area (Å²) in [6.07, 6.45) is 1.78. The first-order valence-corrected chi connectivity index (χ1v) is 7.98. The number of hydrogen-bond donors (Lipinski definition) is 2. The van der Waals surface area contributed by atoms with E-state index in [2.05, 4.69) is 15.6 Å². The van der Waals surface area contributed by atoms with Gasteiger partial charge >= 0.3 is 0 Å². The minimum absolute atomic E-state index is 0.00440. The van der Waals surface area contributed by atoms with Crippen molar-refractivity contribution in [2.75, 3.05) is 5.32 Å². The number of carbonyl (C=O) groups excluding carboxylic acids is 2. The van der Waals surface area contributed by atoms with Crippen molar-refractivity contribution in [1.29, 1.82) is 0 Å². The molecule has 0 spiro atoms. The molecule has 1 heterocycles. The Morgan fingerprint density at radius 2 is 1.75 bits per heavy atom. The van der Waals surface area contributed by atoms with Gasteiger partial charge in [0, 0.05) is 24.0 Å². The highest BCUT2D eigenvalue weighted by molar-refractivity contribution is 5.97. The van der Waals surface area contributed by atoms with Crippen LogP contribution in [0.1, 0.15) is 32.2 Å². The lowest BCUT2D eigenvalue weighted by atomic mass is 10.0. The van der Waals surface area contributed by atoms with Crippen molar-refractivity contribution in [3.8, 4) is 5.69 Å². The topological polar surface area (TPSA) is 76.0 Å². The fraction of sp³-hybridized carbons (Fsp3) is 0.389. The van der Waals surface area contributed by atoms with Gasteiger partial charge in [-0.05, 0) is 44.0 Å². The van der Waals surface area contributed by atoms with Gasteiger partial charge in [-0.2, -0.15) is 0 Å². The summed E-state index contributed by atoms with van der Waals surface area (Å²) in [5.41, 5.74) is 3.74. The Morgan fingerprint density at radius 3 is 2.21 bits per heavy atom. The lowest BCUT2D eigenvalue weighted by molar-refractivity contribution is -0.126. The van der Waals surface area contributed by atoms with Crippen LogP contribution in [-0.2, 0) is 9.59 Å². The van der Waals surface area contributed by atoms with Gasteiger partial charge in [-0.25, -0.2) is 4.98 Å². The summed E-state index contributed by atoms with van der Waals surface area (Å²) in [5, 5.41) is 5.53. The Kier molecular flexibility index (Phi) is 5.39. The molecule has 6 nitrogen and oxygen atoms in total. The van der Waals surface area contributed by atoms with Gasteiger partial charge in [0.25, 0.3) is 0 Å². The lowest BCUT2D eigenvalue weighted by Gasteiger charge is -2.21. The van der Waals surface area contributed by atoms with Crippen LogP contribution in [0.15, 0.2) is 30.6 Å². The van der Waals surface area contributed by atoms with Gasteiger partial charge in [0.15, 0.2) is 0 Å². The molecule has 2 amide bonds. The normalized spacial score (nSPS) is 12.1. The van der Waals surface area contributed by atoms with Crippen molar-refractivity contribution in [3.05, 3.63) is 42.0 Å². The molecule has 0 saturated carbocycles. The molecule has 0 saturated heterocycles. The quantitative estimate of drug-likeness (QED) is 0.886. The SMILES string of the molecule is CC(=O)N[C@@H](C(=O)Nc1ccc(-n2cnc(C)c2C)cc1)C(C)C. The highest BCUT2D eigenvalue weighted by Gasteiger charge is 2.22. The fourth-order valence-corrected chi connectivity index (χ4v) is 2.44. The third-order valence-corrected chi connectivity index (χ3v) is 3.97. The van der Waals surface area contributed by atoms with Crippen LogP contribution in [0.3, 0.4) is 0 Å². The van der Waals surface area contributed by atoms with Crippen molar-refractivity contribution in [3.63, 3.8) is 0 Å². The number of aromatic nitrogens is 2. The van der Waals surface area contributed by atoms with Crippen LogP contribution in [0.5, 0.6) is 0 Å². The lowest BCUT2D eigenvalue weighted by Crippen LogP contribution is -2.46. The summed E-state index contributed by atoms with van der Waals surface area (Å²) in [6, 6.07) is 6.97. The van der Waals surface area contributed by atoms with Crippen LogP contribution in [0.25, 0.3) is 5.69 Å². The molecule has 0 unspecified atom stereocenters. The Hall–Kier alpha value is -2.63. The van der Waals surface area contributed by atoms with Crippen LogP contribution < -0.4 is 10.6 Å². The van der Waals surface area contributed by atoms with E-state index < -0.39 is 6.04 Å². The number of rotatable bonds is 5. The van der Waals surface area contributed by atoms with E-state index in [4.69, 9.17) is 0 Å². The Balaban J connectivity index is 2.12. The average Bonchev–Trinajstić information content (AvgIpc) is 2.85. The number of nitrogens with zero attached hydrogens (tertiary/aromatic N) is 2. The van der Waals surface area contributed by atoms with Crippen molar-refractivity contribution < 1.29 is 9.59 Å². The zero-order chi connectivity index (χ0) is 17.9. The monoisotopic (exact) mass is 328 g/mol. The van der Waals surface area contributed by atoms with Crippen molar-refractivity contribution in [2.24, 2.45) is 5.92 Å². The highest BCUT2D eigenvalue weighted by Crippen LogP contribution is 2.17.